The summed E-state index contributed by atoms with van der Waals surface area (Å²) >= 11 is 0. The Bertz CT molecular complexity index is 214. The lowest BCUT2D eigenvalue weighted by atomic mass is 10.2. The maximum atomic E-state index is 11.5. The van der Waals surface area contributed by atoms with E-state index in [0.717, 1.165) is 25.8 Å². The van der Waals surface area contributed by atoms with Gasteiger partial charge < -0.3 is 16.4 Å². The number of hydrogen-bond acceptors (Lipinski definition) is 3. The second-order valence-electron chi connectivity index (χ2n) is 4.01. The number of amides is 1. The topological polar surface area (TPSA) is 67.1 Å². The third-order valence-electron chi connectivity index (χ3n) is 2.44. The summed E-state index contributed by atoms with van der Waals surface area (Å²) in [6.45, 7) is 4.97. The summed E-state index contributed by atoms with van der Waals surface area (Å²) in [5.74, 6) is 0.110. The normalized spacial score (nSPS) is 17.1. The summed E-state index contributed by atoms with van der Waals surface area (Å²) in [7, 11) is 0. The van der Waals surface area contributed by atoms with Crippen molar-refractivity contribution < 1.29 is 4.79 Å². The van der Waals surface area contributed by atoms with Crippen LogP contribution in [-0.2, 0) is 4.79 Å². The summed E-state index contributed by atoms with van der Waals surface area (Å²) in [6.07, 6.45) is 5.49. The van der Waals surface area contributed by atoms with E-state index in [9.17, 15) is 4.79 Å². The summed E-state index contributed by atoms with van der Waals surface area (Å²) < 4.78 is 0. The van der Waals surface area contributed by atoms with Crippen molar-refractivity contribution in [2.45, 2.75) is 37.8 Å². The molecule has 1 unspecified atom stereocenters. The minimum atomic E-state index is 0.0868. The summed E-state index contributed by atoms with van der Waals surface area (Å²) in [6, 6.07) is 0.521. The third-order valence-corrected chi connectivity index (χ3v) is 2.44. The molecule has 1 saturated carbocycles. The van der Waals surface area contributed by atoms with E-state index >= 15 is 0 Å². The van der Waals surface area contributed by atoms with Gasteiger partial charge in [-0.15, -0.1) is 6.58 Å². The highest BCUT2D eigenvalue weighted by Crippen LogP contribution is 2.18. The fraction of sp³-hybridized carbons (Fsp3) is 0.727. The van der Waals surface area contributed by atoms with Crippen molar-refractivity contribution >= 4 is 5.91 Å². The van der Waals surface area contributed by atoms with E-state index in [1.54, 1.807) is 0 Å². The second kappa shape index (κ2) is 6.58. The van der Waals surface area contributed by atoms with Crippen molar-refractivity contribution in [1.29, 1.82) is 0 Å². The van der Waals surface area contributed by atoms with Crippen molar-refractivity contribution in [3.05, 3.63) is 12.7 Å². The highest BCUT2D eigenvalue weighted by Gasteiger charge is 2.24. The Hall–Kier alpha value is -0.870. The number of nitrogens with two attached hydrogens (primary N) is 1. The van der Waals surface area contributed by atoms with Crippen LogP contribution in [-0.4, -0.2) is 31.1 Å². The van der Waals surface area contributed by atoms with Gasteiger partial charge in [-0.05, 0) is 25.8 Å². The molecule has 0 aromatic carbocycles. The van der Waals surface area contributed by atoms with E-state index < -0.39 is 0 Å². The van der Waals surface area contributed by atoms with E-state index in [1.165, 1.54) is 0 Å². The zero-order valence-corrected chi connectivity index (χ0v) is 9.17. The number of rotatable bonds is 8. The minimum absolute atomic E-state index is 0.0868. The molecule has 0 heterocycles. The van der Waals surface area contributed by atoms with E-state index in [-0.39, 0.29) is 11.9 Å². The molecule has 0 radical (unpaired) electrons. The van der Waals surface area contributed by atoms with Crippen molar-refractivity contribution in [1.82, 2.24) is 10.6 Å². The number of hydrogen-bond donors (Lipinski definition) is 3. The van der Waals surface area contributed by atoms with Crippen LogP contribution in [0, 0.1) is 0 Å². The molecule has 86 valence electrons. The highest BCUT2D eigenvalue weighted by atomic mass is 16.1. The Kier molecular flexibility index (Phi) is 5.36. The van der Waals surface area contributed by atoms with E-state index in [1.807, 2.05) is 6.08 Å². The fourth-order valence-electron chi connectivity index (χ4n) is 1.37. The molecule has 4 nitrogen and oxygen atoms in total. The van der Waals surface area contributed by atoms with Gasteiger partial charge in [0.25, 0.3) is 0 Å². The van der Waals surface area contributed by atoms with Crippen molar-refractivity contribution in [2.24, 2.45) is 5.73 Å². The summed E-state index contributed by atoms with van der Waals surface area (Å²) in [5.41, 5.74) is 5.58. The van der Waals surface area contributed by atoms with Gasteiger partial charge in [-0.1, -0.05) is 6.08 Å². The molecular weight excluding hydrogens is 190 g/mol. The molecule has 1 rings (SSSR count). The largest absolute Gasteiger partial charge is 0.353 e. The van der Waals surface area contributed by atoms with Gasteiger partial charge in [0.05, 0.1) is 0 Å². The third kappa shape index (κ3) is 5.54. The van der Waals surface area contributed by atoms with Gasteiger partial charge in [-0.25, -0.2) is 0 Å². The van der Waals surface area contributed by atoms with Crippen LogP contribution in [0.2, 0.25) is 0 Å². The zero-order chi connectivity index (χ0) is 11.1. The molecule has 1 atom stereocenters. The van der Waals surface area contributed by atoms with E-state index in [4.69, 9.17) is 5.73 Å². The smallest absolute Gasteiger partial charge is 0.221 e. The molecule has 1 aliphatic carbocycles. The predicted octanol–water partition coefficient (Wildman–Crippen LogP) is 0.148. The van der Waals surface area contributed by atoms with Crippen molar-refractivity contribution in [2.75, 3.05) is 13.1 Å². The van der Waals surface area contributed by atoms with E-state index in [0.29, 0.717) is 19.0 Å². The Balaban J connectivity index is 2.12. The first-order valence-corrected chi connectivity index (χ1v) is 5.60. The quantitative estimate of drug-likeness (QED) is 0.395. The lowest BCUT2D eigenvalue weighted by Gasteiger charge is -2.15. The molecule has 4 heteroatoms. The molecule has 0 bridgehead atoms. The predicted molar refractivity (Wildman–Crippen MR) is 61.4 cm³/mol. The van der Waals surface area contributed by atoms with Gasteiger partial charge >= 0.3 is 0 Å². The van der Waals surface area contributed by atoms with Gasteiger partial charge in [0.15, 0.2) is 0 Å². The van der Waals surface area contributed by atoms with Crippen LogP contribution in [0.15, 0.2) is 12.7 Å². The Morgan fingerprint density at radius 3 is 2.87 bits per heavy atom. The van der Waals surface area contributed by atoms with Crippen LogP contribution in [0.3, 0.4) is 0 Å². The van der Waals surface area contributed by atoms with Crippen LogP contribution in [0.5, 0.6) is 0 Å². The van der Waals surface area contributed by atoms with Crippen molar-refractivity contribution in [3.8, 4) is 0 Å². The van der Waals surface area contributed by atoms with Gasteiger partial charge in [0.1, 0.15) is 0 Å². The maximum Gasteiger partial charge on any atom is 0.221 e. The Morgan fingerprint density at radius 1 is 1.60 bits per heavy atom. The van der Waals surface area contributed by atoms with Gasteiger partial charge in [-0.3, -0.25) is 4.79 Å². The number of carbonyl (C=O) groups is 1. The average molecular weight is 211 g/mol. The van der Waals surface area contributed by atoms with Gasteiger partial charge in [-0.2, -0.15) is 0 Å². The molecule has 1 amide bonds. The lowest BCUT2D eigenvalue weighted by molar-refractivity contribution is -0.121. The number of carbonyl (C=O) groups excluding carboxylic acids is 1. The highest BCUT2D eigenvalue weighted by molar-refractivity contribution is 5.77. The molecule has 1 fully saturated rings. The molecule has 0 aromatic rings. The maximum absolute atomic E-state index is 11.5. The molecule has 1 aliphatic rings. The average Bonchev–Trinajstić information content (AvgIpc) is 3.00. The second-order valence-corrected chi connectivity index (χ2v) is 4.01. The van der Waals surface area contributed by atoms with Crippen LogP contribution >= 0.6 is 0 Å². The standard InChI is InChI=1S/C11H21N3O/c1-2-3-6-13-10(8-12)7-11(15)14-9-4-5-9/h2,9-10,13H,1,3-8,12H2,(H,14,15). The molecule has 0 aromatic heterocycles. The molecule has 0 aliphatic heterocycles. The zero-order valence-electron chi connectivity index (χ0n) is 9.17. The SMILES string of the molecule is C=CCCNC(CN)CC(=O)NC1CC1. The molecule has 4 N–H and O–H groups in total. The van der Waals surface area contributed by atoms with Gasteiger partial charge in [0.2, 0.25) is 5.91 Å². The molecule has 0 spiro atoms. The van der Waals surface area contributed by atoms with Crippen molar-refractivity contribution in [3.63, 3.8) is 0 Å². The Morgan fingerprint density at radius 2 is 2.33 bits per heavy atom. The first kappa shape index (κ1) is 12.2. The monoisotopic (exact) mass is 211 g/mol. The van der Waals surface area contributed by atoms with Crippen LogP contribution in [0.4, 0.5) is 0 Å². The minimum Gasteiger partial charge on any atom is -0.353 e. The van der Waals surface area contributed by atoms with Crippen LogP contribution < -0.4 is 16.4 Å². The van der Waals surface area contributed by atoms with Gasteiger partial charge in [0, 0.05) is 25.0 Å². The first-order chi connectivity index (χ1) is 7.26. The number of nitrogens with one attached hydrogen (secondary N) is 2. The summed E-state index contributed by atoms with van der Waals surface area (Å²) in [4.78, 5) is 11.5. The first-order valence-electron chi connectivity index (χ1n) is 5.60. The lowest BCUT2D eigenvalue weighted by Crippen LogP contribution is -2.41. The van der Waals surface area contributed by atoms with Crippen LogP contribution in [0.25, 0.3) is 0 Å². The Labute approximate surface area is 91.3 Å². The summed E-state index contributed by atoms with van der Waals surface area (Å²) in [5, 5.41) is 6.19. The van der Waals surface area contributed by atoms with E-state index in [2.05, 4.69) is 17.2 Å². The van der Waals surface area contributed by atoms with Crippen LogP contribution in [0.1, 0.15) is 25.7 Å². The molecule has 0 saturated heterocycles. The molecular formula is C11H21N3O. The fourth-order valence-corrected chi connectivity index (χ4v) is 1.37. The molecule has 15 heavy (non-hydrogen) atoms.